The van der Waals surface area contributed by atoms with Crippen LogP contribution in [0.5, 0.6) is 0 Å². The fourth-order valence-corrected chi connectivity index (χ4v) is 2.02. The van der Waals surface area contributed by atoms with Crippen LogP contribution in [0.15, 0.2) is 28.8 Å². The molecule has 0 bridgehead atoms. The molecule has 24 heavy (non-hydrogen) atoms. The quantitative estimate of drug-likeness (QED) is 0.821. The van der Waals surface area contributed by atoms with Crippen molar-refractivity contribution in [1.82, 2.24) is 15.0 Å². The molecule has 0 saturated heterocycles. The molecule has 8 heteroatoms. The van der Waals surface area contributed by atoms with Crippen LogP contribution >= 0.6 is 0 Å². The minimum atomic E-state index is -1.02. The van der Waals surface area contributed by atoms with Crippen LogP contribution in [-0.4, -0.2) is 46.2 Å². The molecule has 0 fully saturated rings. The lowest BCUT2D eigenvalue weighted by atomic mass is 10.1. The summed E-state index contributed by atoms with van der Waals surface area (Å²) in [5.41, 5.74) is 0.782. The van der Waals surface area contributed by atoms with Crippen LogP contribution in [0, 0.1) is 0 Å². The van der Waals surface area contributed by atoms with Gasteiger partial charge in [-0.3, -0.25) is 4.79 Å². The summed E-state index contributed by atoms with van der Waals surface area (Å²) in [6.45, 7) is 1.96. The second kappa shape index (κ2) is 7.69. The number of carboxylic acids is 1. The summed E-state index contributed by atoms with van der Waals surface area (Å²) in [6, 6.07) is 6.29. The molecule has 0 aliphatic heterocycles. The molecule has 0 aliphatic carbocycles. The molecule has 1 heterocycles. The van der Waals surface area contributed by atoms with Crippen molar-refractivity contribution in [2.75, 3.05) is 14.2 Å². The third-order valence-electron chi connectivity index (χ3n) is 3.53. The number of likely N-dealkylation sites (N-methyl/N-ethyl adjacent to an activating group) is 1. The fourth-order valence-electron chi connectivity index (χ4n) is 2.02. The van der Waals surface area contributed by atoms with Crippen molar-refractivity contribution >= 4 is 11.9 Å². The van der Waals surface area contributed by atoms with Gasteiger partial charge in [-0.2, -0.15) is 4.98 Å². The van der Waals surface area contributed by atoms with E-state index < -0.39 is 5.97 Å². The molecule has 1 atom stereocenters. The van der Waals surface area contributed by atoms with Crippen LogP contribution < -0.4 is 0 Å². The molecule has 2 aromatic rings. The zero-order chi connectivity index (χ0) is 17.7. The van der Waals surface area contributed by atoms with E-state index in [0.717, 1.165) is 0 Å². The number of carboxylic acid groups (broad SMARTS) is 1. The van der Waals surface area contributed by atoms with Crippen molar-refractivity contribution in [3.63, 3.8) is 0 Å². The molecule has 2 rings (SSSR count). The van der Waals surface area contributed by atoms with Gasteiger partial charge in [0.05, 0.1) is 18.5 Å². The van der Waals surface area contributed by atoms with Crippen LogP contribution in [0.4, 0.5) is 0 Å². The first-order chi connectivity index (χ1) is 11.4. The molecular weight excluding hydrogens is 314 g/mol. The average molecular weight is 333 g/mol. The number of amides is 1. The monoisotopic (exact) mass is 333 g/mol. The Bertz CT molecular complexity index is 728. The average Bonchev–Trinajstić information content (AvgIpc) is 3.02. The van der Waals surface area contributed by atoms with E-state index in [-0.39, 0.29) is 30.5 Å². The Hall–Kier alpha value is -2.74. The van der Waals surface area contributed by atoms with Crippen LogP contribution in [0.25, 0.3) is 0 Å². The minimum absolute atomic E-state index is 0.0904. The molecule has 1 amide bonds. The van der Waals surface area contributed by atoms with Gasteiger partial charge in [0.1, 0.15) is 6.10 Å². The Morgan fingerprint density at radius 2 is 2.17 bits per heavy atom. The summed E-state index contributed by atoms with van der Waals surface area (Å²) in [5.74, 6) is -0.480. The SMILES string of the molecule is COC(C)c1noc(CN(C)C(=O)Cc2cccc(C(=O)O)c2)n1. The number of carbonyl (C=O) groups excluding carboxylic acids is 1. The van der Waals surface area contributed by atoms with Gasteiger partial charge in [-0.25, -0.2) is 4.79 Å². The summed E-state index contributed by atoms with van der Waals surface area (Å²) in [5, 5.41) is 12.8. The first kappa shape index (κ1) is 17.6. The van der Waals surface area contributed by atoms with Gasteiger partial charge in [0, 0.05) is 14.2 Å². The normalized spacial score (nSPS) is 12.0. The number of hydrogen-bond acceptors (Lipinski definition) is 6. The molecule has 0 spiro atoms. The summed E-state index contributed by atoms with van der Waals surface area (Å²) in [7, 11) is 3.16. The standard InChI is InChI=1S/C16H19N3O5/c1-10(23-3)15-17-13(24-18-15)9-19(2)14(20)8-11-5-4-6-12(7-11)16(21)22/h4-7,10H,8-9H2,1-3H3,(H,21,22). The summed E-state index contributed by atoms with van der Waals surface area (Å²) in [6.07, 6.45) is -0.199. The van der Waals surface area contributed by atoms with Crippen molar-refractivity contribution in [3.8, 4) is 0 Å². The highest BCUT2D eigenvalue weighted by Gasteiger charge is 2.17. The highest BCUT2D eigenvalue weighted by atomic mass is 16.5. The number of hydrogen-bond donors (Lipinski definition) is 1. The molecule has 128 valence electrons. The second-order valence-corrected chi connectivity index (χ2v) is 5.36. The van der Waals surface area contributed by atoms with Gasteiger partial charge in [-0.15, -0.1) is 0 Å². The second-order valence-electron chi connectivity index (χ2n) is 5.36. The van der Waals surface area contributed by atoms with Gasteiger partial charge >= 0.3 is 5.97 Å². The van der Waals surface area contributed by atoms with Crippen LogP contribution in [0.3, 0.4) is 0 Å². The Morgan fingerprint density at radius 3 is 2.83 bits per heavy atom. The highest BCUT2D eigenvalue weighted by Crippen LogP contribution is 2.13. The lowest BCUT2D eigenvalue weighted by Crippen LogP contribution is -2.28. The number of aromatic carboxylic acids is 1. The van der Waals surface area contributed by atoms with E-state index in [2.05, 4.69) is 10.1 Å². The predicted octanol–water partition coefficient (Wildman–Crippen LogP) is 1.68. The van der Waals surface area contributed by atoms with Gasteiger partial charge in [-0.1, -0.05) is 17.3 Å². The number of ether oxygens (including phenoxy) is 1. The van der Waals surface area contributed by atoms with Crippen LogP contribution in [-0.2, 0) is 22.5 Å². The molecule has 8 nitrogen and oxygen atoms in total. The van der Waals surface area contributed by atoms with Crippen molar-refractivity contribution in [2.24, 2.45) is 0 Å². The zero-order valence-corrected chi connectivity index (χ0v) is 13.7. The molecular formula is C16H19N3O5. The smallest absolute Gasteiger partial charge is 0.335 e. The van der Waals surface area contributed by atoms with E-state index in [1.807, 2.05) is 0 Å². The fraction of sp³-hybridized carbons (Fsp3) is 0.375. The van der Waals surface area contributed by atoms with Gasteiger partial charge in [-0.05, 0) is 24.6 Å². The van der Waals surface area contributed by atoms with Gasteiger partial charge in [0.15, 0.2) is 5.82 Å². The molecule has 0 aliphatic rings. The van der Waals surface area contributed by atoms with Crippen molar-refractivity contribution in [3.05, 3.63) is 47.1 Å². The molecule has 0 saturated carbocycles. The molecule has 1 aromatic heterocycles. The van der Waals surface area contributed by atoms with Crippen molar-refractivity contribution in [2.45, 2.75) is 26.0 Å². The number of methoxy groups -OCH3 is 1. The molecule has 0 radical (unpaired) electrons. The third kappa shape index (κ3) is 4.39. The van der Waals surface area contributed by atoms with Gasteiger partial charge in [0.25, 0.3) is 0 Å². The van der Waals surface area contributed by atoms with E-state index in [1.54, 1.807) is 33.2 Å². The lowest BCUT2D eigenvalue weighted by Gasteiger charge is -2.14. The molecule has 1 N–H and O–H groups in total. The number of rotatable bonds is 7. The van der Waals surface area contributed by atoms with Crippen LogP contribution in [0.2, 0.25) is 0 Å². The van der Waals surface area contributed by atoms with E-state index in [9.17, 15) is 9.59 Å². The number of benzene rings is 1. The van der Waals surface area contributed by atoms with E-state index in [4.69, 9.17) is 14.4 Å². The maximum Gasteiger partial charge on any atom is 0.335 e. The van der Waals surface area contributed by atoms with Crippen molar-refractivity contribution in [1.29, 1.82) is 0 Å². The number of nitrogens with zero attached hydrogens (tertiary/aromatic N) is 3. The number of carbonyl (C=O) groups is 2. The Kier molecular flexibility index (Phi) is 5.64. The lowest BCUT2D eigenvalue weighted by molar-refractivity contribution is -0.130. The zero-order valence-electron chi connectivity index (χ0n) is 13.7. The van der Waals surface area contributed by atoms with E-state index in [0.29, 0.717) is 17.3 Å². The molecule has 1 unspecified atom stereocenters. The maximum absolute atomic E-state index is 12.3. The Balaban J connectivity index is 1.98. The van der Waals surface area contributed by atoms with Crippen LogP contribution in [0.1, 0.15) is 40.7 Å². The topological polar surface area (TPSA) is 106 Å². The predicted molar refractivity (Wildman–Crippen MR) is 83.3 cm³/mol. The third-order valence-corrected chi connectivity index (χ3v) is 3.53. The molecule has 1 aromatic carbocycles. The maximum atomic E-state index is 12.3. The van der Waals surface area contributed by atoms with E-state index >= 15 is 0 Å². The van der Waals surface area contributed by atoms with Crippen molar-refractivity contribution < 1.29 is 24.0 Å². The minimum Gasteiger partial charge on any atom is -0.478 e. The summed E-state index contributed by atoms with van der Waals surface area (Å²) in [4.78, 5) is 28.8. The summed E-state index contributed by atoms with van der Waals surface area (Å²) < 4.78 is 10.2. The van der Waals surface area contributed by atoms with Gasteiger partial charge in [0.2, 0.25) is 11.8 Å². The Labute approximate surface area is 139 Å². The summed E-state index contributed by atoms with van der Waals surface area (Å²) >= 11 is 0. The first-order valence-electron chi connectivity index (χ1n) is 7.32. The van der Waals surface area contributed by atoms with Gasteiger partial charge < -0.3 is 19.3 Å². The number of aromatic nitrogens is 2. The highest BCUT2D eigenvalue weighted by molar-refractivity contribution is 5.88. The first-order valence-corrected chi connectivity index (χ1v) is 7.32. The van der Waals surface area contributed by atoms with E-state index in [1.165, 1.54) is 17.0 Å². The largest absolute Gasteiger partial charge is 0.478 e. The Morgan fingerprint density at radius 1 is 1.42 bits per heavy atom.